The van der Waals surface area contributed by atoms with Gasteiger partial charge >= 0.3 is 0 Å². The lowest BCUT2D eigenvalue weighted by atomic mass is 10.0. The Balaban J connectivity index is 2.84. The zero-order valence-corrected chi connectivity index (χ0v) is 9.19. The average molecular weight is 219 g/mol. The molecule has 0 amide bonds. The first kappa shape index (κ1) is 10.7. The molecule has 0 aliphatic carbocycles. The van der Waals surface area contributed by atoms with Crippen LogP contribution in [0.15, 0.2) is 22.1 Å². The second-order valence-corrected chi connectivity index (χ2v) is 3.79. The first-order valence-electron chi connectivity index (χ1n) is 4.15. The van der Waals surface area contributed by atoms with Crippen molar-refractivity contribution in [2.45, 2.75) is 13.8 Å². The normalized spacial score (nSPS) is 12.5. The molecule has 0 aromatic carbocycles. The third-order valence-electron chi connectivity index (χ3n) is 1.82. The van der Waals surface area contributed by atoms with Crippen molar-refractivity contribution in [1.29, 1.82) is 0 Å². The van der Waals surface area contributed by atoms with Gasteiger partial charge in [-0.25, -0.2) is 0 Å². The van der Waals surface area contributed by atoms with Crippen molar-refractivity contribution in [3.8, 4) is 0 Å². The van der Waals surface area contributed by atoms with Gasteiger partial charge in [-0.15, -0.1) is 11.6 Å². The van der Waals surface area contributed by atoms with Crippen molar-refractivity contribution in [2.24, 2.45) is 5.92 Å². The van der Waals surface area contributed by atoms with E-state index in [1.165, 1.54) is 0 Å². The van der Waals surface area contributed by atoms with E-state index in [2.05, 4.69) is 13.8 Å². The molecule has 0 radical (unpaired) electrons. The Hall–Kier alpha value is -0.400. The highest BCUT2D eigenvalue weighted by Gasteiger charge is 2.03. The van der Waals surface area contributed by atoms with Gasteiger partial charge in [-0.3, -0.25) is 0 Å². The molecule has 1 aromatic rings. The molecular formula is C10H12Cl2O. The number of halogens is 2. The minimum absolute atomic E-state index is 0.406. The first-order chi connectivity index (χ1) is 6.13. The molecule has 0 unspecified atom stereocenters. The van der Waals surface area contributed by atoms with Gasteiger partial charge in [0.05, 0.1) is 0 Å². The maximum absolute atomic E-state index is 5.78. The fourth-order valence-electron chi connectivity index (χ4n) is 0.948. The molecule has 1 nitrogen and oxygen atoms in total. The van der Waals surface area contributed by atoms with Crippen molar-refractivity contribution in [1.82, 2.24) is 0 Å². The quantitative estimate of drug-likeness (QED) is 0.694. The number of furan rings is 1. The fraction of sp³-hybridized carbons (Fsp3) is 0.400. The summed E-state index contributed by atoms with van der Waals surface area (Å²) in [6.45, 7) is 4.19. The Morgan fingerprint density at radius 3 is 2.62 bits per heavy atom. The van der Waals surface area contributed by atoms with Crippen LogP contribution in [0, 0.1) is 5.92 Å². The van der Waals surface area contributed by atoms with Gasteiger partial charge in [-0.1, -0.05) is 13.8 Å². The maximum Gasteiger partial charge on any atom is 0.193 e. The van der Waals surface area contributed by atoms with E-state index in [9.17, 15) is 0 Å². The number of allylic oxidation sites excluding steroid dienone is 1. The molecule has 3 heteroatoms. The van der Waals surface area contributed by atoms with E-state index >= 15 is 0 Å². The molecule has 0 saturated carbocycles. The van der Waals surface area contributed by atoms with E-state index < -0.39 is 0 Å². The van der Waals surface area contributed by atoms with E-state index in [0.717, 1.165) is 11.3 Å². The van der Waals surface area contributed by atoms with Gasteiger partial charge in [0, 0.05) is 5.88 Å². The zero-order chi connectivity index (χ0) is 9.84. The monoisotopic (exact) mass is 218 g/mol. The predicted molar refractivity (Wildman–Crippen MR) is 57.3 cm³/mol. The Kier molecular flexibility index (Phi) is 3.89. The molecular weight excluding hydrogens is 207 g/mol. The number of hydrogen-bond acceptors (Lipinski definition) is 1. The molecule has 0 N–H and O–H groups in total. The van der Waals surface area contributed by atoms with Crippen molar-refractivity contribution >= 4 is 29.3 Å². The van der Waals surface area contributed by atoms with Gasteiger partial charge < -0.3 is 4.42 Å². The molecule has 0 saturated heterocycles. The molecule has 1 aromatic heterocycles. The minimum Gasteiger partial charge on any atom is -0.445 e. The number of alkyl halides is 1. The molecule has 0 bridgehead atoms. The van der Waals surface area contributed by atoms with Crippen LogP contribution in [0.3, 0.4) is 0 Å². The third-order valence-corrected chi connectivity index (χ3v) is 2.33. The summed E-state index contributed by atoms with van der Waals surface area (Å²) in [5.74, 6) is 1.71. The summed E-state index contributed by atoms with van der Waals surface area (Å²) < 4.78 is 5.20. The highest BCUT2D eigenvalue weighted by molar-refractivity contribution is 6.28. The highest BCUT2D eigenvalue weighted by Crippen LogP contribution is 2.19. The Morgan fingerprint density at radius 1 is 1.54 bits per heavy atom. The van der Waals surface area contributed by atoms with Crippen LogP contribution in [-0.2, 0) is 0 Å². The molecule has 1 heterocycles. The summed E-state index contributed by atoms with van der Waals surface area (Å²) in [4.78, 5) is 0. The van der Waals surface area contributed by atoms with E-state index in [0.29, 0.717) is 17.0 Å². The number of hydrogen-bond donors (Lipinski definition) is 0. The second-order valence-electron chi connectivity index (χ2n) is 3.15. The summed E-state index contributed by atoms with van der Waals surface area (Å²) in [6, 6.07) is 3.55. The summed E-state index contributed by atoms with van der Waals surface area (Å²) in [7, 11) is 0. The number of rotatable bonds is 3. The van der Waals surface area contributed by atoms with Gasteiger partial charge in [0.1, 0.15) is 5.76 Å². The van der Waals surface area contributed by atoms with Crippen LogP contribution in [0.25, 0.3) is 6.08 Å². The molecule has 13 heavy (non-hydrogen) atoms. The molecule has 0 fully saturated rings. The summed E-state index contributed by atoms with van der Waals surface area (Å²) in [6.07, 6.45) is 1.93. The van der Waals surface area contributed by atoms with Crippen molar-refractivity contribution in [3.05, 3.63) is 28.7 Å². The lowest BCUT2D eigenvalue weighted by Gasteiger charge is -2.05. The summed E-state index contributed by atoms with van der Waals surface area (Å²) in [5.41, 5.74) is 1.15. The van der Waals surface area contributed by atoms with Gasteiger partial charge in [-0.05, 0) is 41.3 Å². The van der Waals surface area contributed by atoms with E-state index in [-0.39, 0.29) is 0 Å². The van der Waals surface area contributed by atoms with E-state index in [1.807, 2.05) is 12.1 Å². The van der Waals surface area contributed by atoms with Crippen LogP contribution in [0.5, 0.6) is 0 Å². The van der Waals surface area contributed by atoms with Gasteiger partial charge in [-0.2, -0.15) is 0 Å². The highest BCUT2D eigenvalue weighted by atomic mass is 35.5. The third kappa shape index (κ3) is 3.09. The lowest BCUT2D eigenvalue weighted by molar-refractivity contribution is 0.557. The Bertz CT molecular complexity index is 300. The molecule has 0 aliphatic rings. The van der Waals surface area contributed by atoms with Crippen LogP contribution in [-0.4, -0.2) is 5.88 Å². The van der Waals surface area contributed by atoms with E-state index in [4.69, 9.17) is 27.6 Å². The van der Waals surface area contributed by atoms with Crippen molar-refractivity contribution in [2.75, 3.05) is 5.88 Å². The Labute approximate surface area is 88.3 Å². The van der Waals surface area contributed by atoms with E-state index in [1.54, 1.807) is 6.07 Å². The van der Waals surface area contributed by atoms with Crippen LogP contribution < -0.4 is 0 Å². The molecule has 1 rings (SSSR count). The van der Waals surface area contributed by atoms with Gasteiger partial charge in [0.15, 0.2) is 5.22 Å². The van der Waals surface area contributed by atoms with Crippen LogP contribution in [0.1, 0.15) is 19.6 Å². The van der Waals surface area contributed by atoms with Crippen molar-refractivity contribution < 1.29 is 4.42 Å². The van der Waals surface area contributed by atoms with Gasteiger partial charge in [0.25, 0.3) is 0 Å². The SMILES string of the molecule is CC(C)/C(=C/c1ccc(Cl)o1)CCl. The predicted octanol–water partition coefficient (Wildman–Crippen LogP) is 4.21. The standard InChI is InChI=1S/C10H12Cl2O/c1-7(2)8(6-11)5-9-3-4-10(12)13-9/h3-5,7H,6H2,1-2H3/b8-5+. The smallest absolute Gasteiger partial charge is 0.193 e. The zero-order valence-electron chi connectivity index (χ0n) is 7.68. The molecule has 0 aliphatic heterocycles. The maximum atomic E-state index is 5.78. The summed E-state index contributed by atoms with van der Waals surface area (Å²) in [5, 5.41) is 0.406. The first-order valence-corrected chi connectivity index (χ1v) is 5.06. The average Bonchev–Trinajstić information content (AvgIpc) is 2.46. The van der Waals surface area contributed by atoms with Crippen LogP contribution in [0.4, 0.5) is 0 Å². The fourth-order valence-corrected chi connectivity index (χ4v) is 1.49. The topological polar surface area (TPSA) is 13.1 Å². The van der Waals surface area contributed by atoms with Gasteiger partial charge in [0.2, 0.25) is 0 Å². The van der Waals surface area contributed by atoms with Crippen molar-refractivity contribution in [3.63, 3.8) is 0 Å². The summed E-state index contributed by atoms with van der Waals surface area (Å²) >= 11 is 11.4. The van der Waals surface area contributed by atoms with Crippen LogP contribution in [0.2, 0.25) is 5.22 Å². The Morgan fingerprint density at radius 2 is 2.23 bits per heavy atom. The molecule has 0 atom stereocenters. The van der Waals surface area contributed by atoms with Crippen LogP contribution >= 0.6 is 23.2 Å². The second kappa shape index (κ2) is 4.73. The lowest BCUT2D eigenvalue weighted by Crippen LogP contribution is -1.94. The minimum atomic E-state index is 0.406. The molecule has 0 spiro atoms. The molecule has 72 valence electrons. The largest absolute Gasteiger partial charge is 0.445 e.